The number of aromatic nitrogens is 3. The van der Waals surface area contributed by atoms with Crippen LogP contribution in [0.15, 0.2) is 56.8 Å². The minimum absolute atomic E-state index is 0.149. The number of halogens is 1. The van der Waals surface area contributed by atoms with Crippen LogP contribution < -0.4 is 21.9 Å². The average Bonchev–Trinajstić information content (AvgIpc) is 3.39. The Bertz CT molecular complexity index is 1210. The molecule has 206 valence electrons. The molecule has 2 aromatic heterocycles. The van der Waals surface area contributed by atoms with Crippen LogP contribution in [0.25, 0.3) is 0 Å². The third-order valence-electron chi connectivity index (χ3n) is 6.61. The SMILES string of the molecule is O=c1ccn([C@H]2C=C[C@@H](CO)O2)c(=O)n1CCCCN1CCN(CCNC(=S)Nc2ccc(Br)cn2)CC1. The number of pyridine rings is 1. The maximum atomic E-state index is 12.8. The van der Waals surface area contributed by atoms with Gasteiger partial charge in [0.15, 0.2) is 11.3 Å². The maximum absolute atomic E-state index is 12.8. The standard InChI is InChI=1S/C25H34BrN7O4S/c26-19-3-5-21(28-17-19)29-24(38)27-8-12-31-15-13-30(14-16-31)9-1-2-10-32-22(35)7-11-33(25(32)36)23-6-4-20(18-34)37-23/h3-7,11,17,20,23,34H,1-2,8-10,12-16,18H2,(H2,27,28,29,38)/t20-,23+/m0/s1. The van der Waals surface area contributed by atoms with Crippen LogP contribution >= 0.6 is 28.1 Å². The van der Waals surface area contributed by atoms with Gasteiger partial charge in [-0.2, -0.15) is 0 Å². The highest BCUT2D eigenvalue weighted by molar-refractivity contribution is 9.10. The maximum Gasteiger partial charge on any atom is 0.333 e. The number of hydrogen-bond donors (Lipinski definition) is 3. The lowest BCUT2D eigenvalue weighted by molar-refractivity contribution is -0.0110. The molecular weight excluding hydrogens is 574 g/mol. The number of ether oxygens (including phenoxy) is 1. The summed E-state index contributed by atoms with van der Waals surface area (Å²) < 4.78 is 9.18. The molecule has 38 heavy (non-hydrogen) atoms. The average molecular weight is 609 g/mol. The third-order valence-corrected chi connectivity index (χ3v) is 7.32. The number of thiocarbonyl (C=S) groups is 1. The molecule has 4 heterocycles. The van der Waals surface area contributed by atoms with Crippen LogP contribution in [0.4, 0.5) is 5.82 Å². The van der Waals surface area contributed by atoms with Crippen LogP contribution in [-0.4, -0.2) is 92.7 Å². The molecule has 1 fully saturated rings. The minimum atomic E-state index is -0.603. The highest BCUT2D eigenvalue weighted by atomic mass is 79.9. The highest BCUT2D eigenvalue weighted by Gasteiger charge is 2.22. The van der Waals surface area contributed by atoms with Gasteiger partial charge < -0.3 is 25.4 Å². The molecule has 2 aliphatic rings. The first-order chi connectivity index (χ1) is 18.4. The molecule has 1 saturated heterocycles. The van der Waals surface area contributed by atoms with Gasteiger partial charge in [0.1, 0.15) is 11.9 Å². The van der Waals surface area contributed by atoms with E-state index in [-0.39, 0.29) is 12.2 Å². The van der Waals surface area contributed by atoms with E-state index < -0.39 is 18.0 Å². The van der Waals surface area contributed by atoms with E-state index >= 15 is 0 Å². The second-order valence-electron chi connectivity index (χ2n) is 9.26. The zero-order valence-corrected chi connectivity index (χ0v) is 23.6. The molecule has 13 heteroatoms. The third kappa shape index (κ3) is 8.04. The van der Waals surface area contributed by atoms with Gasteiger partial charge in [0.25, 0.3) is 5.56 Å². The van der Waals surface area contributed by atoms with Crippen LogP contribution in [0.2, 0.25) is 0 Å². The molecule has 4 rings (SSSR count). The summed E-state index contributed by atoms with van der Waals surface area (Å²) in [6.45, 7) is 6.77. The van der Waals surface area contributed by atoms with Crippen molar-refractivity contribution in [3.63, 3.8) is 0 Å². The molecule has 0 bridgehead atoms. The lowest BCUT2D eigenvalue weighted by Gasteiger charge is -2.34. The summed E-state index contributed by atoms with van der Waals surface area (Å²) in [5.41, 5.74) is -0.701. The summed E-state index contributed by atoms with van der Waals surface area (Å²) in [7, 11) is 0. The van der Waals surface area contributed by atoms with Crippen molar-refractivity contribution in [2.75, 3.05) is 57.7 Å². The van der Waals surface area contributed by atoms with Gasteiger partial charge in [0.05, 0.1) is 6.61 Å². The zero-order chi connectivity index (χ0) is 26.9. The van der Waals surface area contributed by atoms with Crippen molar-refractivity contribution < 1.29 is 9.84 Å². The fourth-order valence-electron chi connectivity index (χ4n) is 4.46. The summed E-state index contributed by atoms with van der Waals surface area (Å²) in [5, 5.41) is 16.1. The molecule has 3 N–H and O–H groups in total. The number of hydrogen-bond acceptors (Lipinski definition) is 8. The number of anilines is 1. The Hall–Kier alpha value is -2.42. The smallest absolute Gasteiger partial charge is 0.333 e. The molecule has 2 atom stereocenters. The lowest BCUT2D eigenvalue weighted by atomic mass is 10.2. The normalized spacial score (nSPS) is 20.1. The van der Waals surface area contributed by atoms with Crippen molar-refractivity contribution in [3.05, 3.63) is 68.1 Å². The predicted molar refractivity (Wildman–Crippen MR) is 153 cm³/mol. The Morgan fingerprint density at radius 1 is 1.08 bits per heavy atom. The highest BCUT2D eigenvalue weighted by Crippen LogP contribution is 2.18. The van der Waals surface area contributed by atoms with Crippen molar-refractivity contribution in [2.45, 2.75) is 31.7 Å². The van der Waals surface area contributed by atoms with E-state index in [9.17, 15) is 14.7 Å². The first-order valence-electron chi connectivity index (χ1n) is 12.8. The molecule has 0 saturated carbocycles. The second-order valence-corrected chi connectivity index (χ2v) is 10.6. The number of aliphatic hydroxyl groups excluding tert-OH is 1. The molecule has 2 aliphatic heterocycles. The Labute approximate surface area is 235 Å². The van der Waals surface area contributed by atoms with Crippen LogP contribution in [0.3, 0.4) is 0 Å². The van der Waals surface area contributed by atoms with Gasteiger partial charge in [0, 0.05) is 68.7 Å². The lowest BCUT2D eigenvalue weighted by Crippen LogP contribution is -2.48. The molecular formula is C25H34BrN7O4S. The summed E-state index contributed by atoms with van der Waals surface area (Å²) in [6.07, 6.45) is 7.22. The van der Waals surface area contributed by atoms with E-state index in [1.807, 2.05) is 12.1 Å². The fourth-order valence-corrected chi connectivity index (χ4v) is 4.90. The van der Waals surface area contributed by atoms with Gasteiger partial charge in [-0.25, -0.2) is 9.78 Å². The number of unbranched alkanes of at least 4 members (excludes halogenated alkanes) is 1. The number of piperazine rings is 1. The van der Waals surface area contributed by atoms with Gasteiger partial charge in [-0.1, -0.05) is 6.08 Å². The van der Waals surface area contributed by atoms with Gasteiger partial charge in [-0.15, -0.1) is 0 Å². The largest absolute Gasteiger partial charge is 0.393 e. The predicted octanol–water partition coefficient (Wildman–Crippen LogP) is 0.998. The van der Waals surface area contributed by atoms with Gasteiger partial charge in [0.2, 0.25) is 0 Å². The van der Waals surface area contributed by atoms with E-state index in [4.69, 9.17) is 17.0 Å². The fraction of sp³-hybridized carbons (Fsp3) is 0.520. The number of nitrogens with zero attached hydrogens (tertiary/aromatic N) is 5. The monoisotopic (exact) mass is 607 g/mol. The van der Waals surface area contributed by atoms with Crippen molar-refractivity contribution in [1.29, 1.82) is 0 Å². The molecule has 11 nitrogen and oxygen atoms in total. The molecule has 2 aromatic rings. The van der Waals surface area contributed by atoms with E-state index in [1.165, 1.54) is 21.4 Å². The second kappa shape index (κ2) is 14.1. The van der Waals surface area contributed by atoms with Crippen LogP contribution in [0.1, 0.15) is 19.1 Å². The molecule has 0 spiro atoms. The van der Waals surface area contributed by atoms with Gasteiger partial charge in [-0.05, 0) is 65.7 Å². The number of nitrogens with one attached hydrogen (secondary N) is 2. The van der Waals surface area contributed by atoms with E-state index in [2.05, 4.69) is 41.3 Å². The van der Waals surface area contributed by atoms with E-state index in [0.29, 0.717) is 17.5 Å². The zero-order valence-electron chi connectivity index (χ0n) is 21.2. The Morgan fingerprint density at radius 2 is 1.82 bits per heavy atom. The molecule has 0 radical (unpaired) electrons. The Kier molecular flexibility index (Phi) is 10.6. The van der Waals surface area contributed by atoms with Crippen LogP contribution in [0.5, 0.6) is 0 Å². The van der Waals surface area contributed by atoms with Crippen molar-refractivity contribution in [3.8, 4) is 0 Å². The van der Waals surface area contributed by atoms with Crippen LogP contribution in [0, 0.1) is 0 Å². The van der Waals surface area contributed by atoms with Crippen molar-refractivity contribution in [2.24, 2.45) is 0 Å². The summed E-state index contributed by atoms with van der Waals surface area (Å²) in [4.78, 5) is 34.2. The Balaban J connectivity index is 1.12. The number of aliphatic hydroxyl groups is 1. The minimum Gasteiger partial charge on any atom is -0.393 e. The summed E-state index contributed by atoms with van der Waals surface area (Å²) >= 11 is 8.72. The first kappa shape index (κ1) is 28.6. The quantitative estimate of drug-likeness (QED) is 0.194. The Morgan fingerprint density at radius 3 is 2.50 bits per heavy atom. The topological polar surface area (TPSA) is 117 Å². The van der Waals surface area contributed by atoms with Gasteiger partial charge >= 0.3 is 5.69 Å². The molecule has 0 unspecified atom stereocenters. The van der Waals surface area contributed by atoms with E-state index in [1.54, 1.807) is 18.3 Å². The number of rotatable bonds is 11. The molecule has 0 aromatic carbocycles. The summed E-state index contributed by atoms with van der Waals surface area (Å²) in [6, 6.07) is 5.16. The van der Waals surface area contributed by atoms with Crippen molar-refractivity contribution in [1.82, 2.24) is 29.2 Å². The summed E-state index contributed by atoms with van der Waals surface area (Å²) in [5.74, 6) is 0.707. The molecule has 0 aliphatic carbocycles. The van der Waals surface area contributed by atoms with Crippen LogP contribution in [-0.2, 0) is 11.3 Å². The van der Waals surface area contributed by atoms with E-state index in [0.717, 1.165) is 63.1 Å². The van der Waals surface area contributed by atoms with Gasteiger partial charge in [-0.3, -0.25) is 18.8 Å². The van der Waals surface area contributed by atoms with Crippen molar-refractivity contribution >= 4 is 39.1 Å². The molecule has 0 amide bonds. The first-order valence-corrected chi connectivity index (χ1v) is 14.0.